The summed E-state index contributed by atoms with van der Waals surface area (Å²) in [6, 6.07) is 9.36. The molecule has 0 spiro atoms. The molecule has 0 saturated heterocycles. The van der Waals surface area contributed by atoms with Crippen LogP contribution in [0.25, 0.3) is 0 Å². The summed E-state index contributed by atoms with van der Waals surface area (Å²) >= 11 is 24.5. The molecular formula is C22H24Cl4N2O2. The van der Waals surface area contributed by atoms with Crippen LogP contribution in [0, 0.1) is 0 Å². The van der Waals surface area contributed by atoms with Crippen molar-refractivity contribution < 1.29 is 9.59 Å². The number of hydrogen-bond acceptors (Lipinski definition) is 2. The van der Waals surface area contributed by atoms with Gasteiger partial charge in [0.1, 0.15) is 6.04 Å². The van der Waals surface area contributed by atoms with Crippen molar-refractivity contribution in [3.63, 3.8) is 0 Å². The minimum Gasteiger partial charge on any atom is -0.352 e. The van der Waals surface area contributed by atoms with Gasteiger partial charge in [0.2, 0.25) is 11.8 Å². The predicted molar refractivity (Wildman–Crippen MR) is 125 cm³/mol. The van der Waals surface area contributed by atoms with Crippen LogP contribution in [-0.4, -0.2) is 28.8 Å². The number of halogens is 4. The van der Waals surface area contributed by atoms with E-state index in [0.29, 0.717) is 37.6 Å². The van der Waals surface area contributed by atoms with Gasteiger partial charge in [-0.15, -0.1) is 0 Å². The molecule has 0 aliphatic carbocycles. The van der Waals surface area contributed by atoms with Crippen molar-refractivity contribution in [2.75, 3.05) is 0 Å². The lowest BCUT2D eigenvalue weighted by atomic mass is 10.1. The second-order valence-corrected chi connectivity index (χ2v) is 8.94. The number of carbonyl (C=O) groups is 2. The molecule has 2 amide bonds. The maximum Gasteiger partial charge on any atom is 0.243 e. The highest BCUT2D eigenvalue weighted by Gasteiger charge is 2.29. The molecule has 4 nitrogen and oxygen atoms in total. The summed E-state index contributed by atoms with van der Waals surface area (Å²) in [5.41, 5.74) is 1.34. The number of benzene rings is 2. The third kappa shape index (κ3) is 6.78. The summed E-state index contributed by atoms with van der Waals surface area (Å²) in [5.74, 6) is -0.455. The maximum atomic E-state index is 13.3. The molecule has 1 N–H and O–H groups in total. The van der Waals surface area contributed by atoms with Crippen LogP contribution in [0.5, 0.6) is 0 Å². The minimum absolute atomic E-state index is 0.0344. The Morgan fingerprint density at radius 1 is 0.933 bits per heavy atom. The van der Waals surface area contributed by atoms with Crippen LogP contribution in [0.15, 0.2) is 36.4 Å². The van der Waals surface area contributed by atoms with E-state index in [2.05, 4.69) is 5.32 Å². The summed E-state index contributed by atoms with van der Waals surface area (Å²) in [5, 5.41) is 4.72. The monoisotopic (exact) mass is 488 g/mol. The van der Waals surface area contributed by atoms with Gasteiger partial charge in [-0.1, -0.05) is 65.5 Å². The zero-order valence-electron chi connectivity index (χ0n) is 17.0. The predicted octanol–water partition coefficient (Wildman–Crippen LogP) is 6.17. The molecule has 0 radical (unpaired) electrons. The third-order valence-electron chi connectivity index (χ3n) is 4.53. The Morgan fingerprint density at radius 2 is 1.47 bits per heavy atom. The van der Waals surface area contributed by atoms with E-state index in [1.165, 1.54) is 4.90 Å². The number of amides is 2. The van der Waals surface area contributed by atoms with Crippen LogP contribution in [0.2, 0.25) is 20.1 Å². The van der Waals surface area contributed by atoms with E-state index in [-0.39, 0.29) is 30.8 Å². The van der Waals surface area contributed by atoms with Crippen LogP contribution in [0.3, 0.4) is 0 Å². The second-order valence-electron chi connectivity index (χ2n) is 7.26. The summed E-state index contributed by atoms with van der Waals surface area (Å²) in [7, 11) is 0. The lowest BCUT2D eigenvalue weighted by molar-refractivity contribution is -0.141. The molecule has 2 rings (SSSR count). The number of nitrogens with zero attached hydrogens (tertiary/aromatic N) is 1. The molecule has 30 heavy (non-hydrogen) atoms. The highest BCUT2D eigenvalue weighted by molar-refractivity contribution is 6.35. The van der Waals surface area contributed by atoms with E-state index in [9.17, 15) is 9.59 Å². The van der Waals surface area contributed by atoms with E-state index in [4.69, 9.17) is 46.4 Å². The van der Waals surface area contributed by atoms with Crippen LogP contribution < -0.4 is 5.32 Å². The fourth-order valence-corrected chi connectivity index (χ4v) is 4.01. The summed E-state index contributed by atoms with van der Waals surface area (Å²) < 4.78 is 0. The average Bonchev–Trinajstić information content (AvgIpc) is 2.64. The van der Waals surface area contributed by atoms with Gasteiger partial charge in [0.05, 0.1) is 6.42 Å². The topological polar surface area (TPSA) is 49.4 Å². The Kier molecular flexibility index (Phi) is 9.30. The Balaban J connectivity index is 2.37. The summed E-state index contributed by atoms with van der Waals surface area (Å²) in [6.45, 7) is 5.79. The molecule has 162 valence electrons. The molecule has 1 atom stereocenters. The molecule has 0 aliphatic rings. The standard InChI is InChI=1S/C22H24Cl4N2O2/c1-4-20(22(30)27-13(2)3)28(12-15-6-8-17(24)11-19(15)26)21(29)9-14-5-7-16(23)10-18(14)25/h5-8,10-11,13,20H,4,9,12H2,1-3H3,(H,27,30). The Bertz CT molecular complexity index is 918. The van der Waals surface area contributed by atoms with Gasteiger partial charge in [-0.25, -0.2) is 0 Å². The van der Waals surface area contributed by atoms with Gasteiger partial charge < -0.3 is 10.2 Å². The summed E-state index contributed by atoms with van der Waals surface area (Å²) in [6.07, 6.45) is 0.483. The van der Waals surface area contributed by atoms with Gasteiger partial charge in [-0.05, 0) is 55.7 Å². The molecule has 2 aromatic carbocycles. The molecule has 0 bridgehead atoms. The first kappa shape index (κ1) is 24.8. The highest BCUT2D eigenvalue weighted by atomic mass is 35.5. The Labute approximate surface area is 197 Å². The average molecular weight is 490 g/mol. The number of carbonyl (C=O) groups excluding carboxylic acids is 2. The number of rotatable bonds is 8. The molecular weight excluding hydrogens is 466 g/mol. The van der Waals surface area contributed by atoms with Crippen LogP contribution in [0.4, 0.5) is 0 Å². The van der Waals surface area contributed by atoms with Crippen molar-refractivity contribution in [2.24, 2.45) is 0 Å². The third-order valence-corrected chi connectivity index (χ3v) is 5.70. The molecule has 8 heteroatoms. The van der Waals surface area contributed by atoms with Crippen molar-refractivity contribution >= 4 is 58.2 Å². The van der Waals surface area contributed by atoms with Gasteiger partial charge in [0.15, 0.2) is 0 Å². The van der Waals surface area contributed by atoms with Gasteiger partial charge in [0, 0.05) is 32.7 Å². The van der Waals surface area contributed by atoms with Gasteiger partial charge in [0.25, 0.3) is 0 Å². The molecule has 0 heterocycles. The first-order valence-electron chi connectivity index (χ1n) is 9.60. The van der Waals surface area contributed by atoms with E-state index >= 15 is 0 Å². The highest BCUT2D eigenvalue weighted by Crippen LogP contribution is 2.26. The van der Waals surface area contributed by atoms with E-state index in [0.717, 1.165) is 0 Å². The molecule has 2 aromatic rings. The smallest absolute Gasteiger partial charge is 0.243 e. The first-order valence-corrected chi connectivity index (χ1v) is 11.1. The Morgan fingerprint density at radius 3 is 1.93 bits per heavy atom. The molecule has 0 aromatic heterocycles. The molecule has 0 saturated carbocycles. The van der Waals surface area contributed by atoms with Crippen LogP contribution in [0.1, 0.15) is 38.3 Å². The fourth-order valence-electron chi connectivity index (χ4n) is 3.06. The van der Waals surface area contributed by atoms with Crippen molar-refractivity contribution in [1.29, 1.82) is 0 Å². The van der Waals surface area contributed by atoms with Crippen molar-refractivity contribution in [1.82, 2.24) is 10.2 Å². The minimum atomic E-state index is -0.655. The largest absolute Gasteiger partial charge is 0.352 e. The van der Waals surface area contributed by atoms with Crippen molar-refractivity contribution in [3.8, 4) is 0 Å². The van der Waals surface area contributed by atoms with E-state index in [1.54, 1.807) is 36.4 Å². The van der Waals surface area contributed by atoms with E-state index < -0.39 is 6.04 Å². The quantitative estimate of drug-likeness (QED) is 0.481. The van der Waals surface area contributed by atoms with Crippen LogP contribution >= 0.6 is 46.4 Å². The first-order chi connectivity index (χ1) is 14.1. The van der Waals surface area contributed by atoms with Gasteiger partial charge in [-0.2, -0.15) is 0 Å². The number of hydrogen-bond donors (Lipinski definition) is 1. The van der Waals surface area contributed by atoms with Gasteiger partial charge >= 0.3 is 0 Å². The zero-order valence-corrected chi connectivity index (χ0v) is 20.0. The van der Waals surface area contributed by atoms with E-state index in [1.807, 2.05) is 20.8 Å². The van der Waals surface area contributed by atoms with Crippen molar-refractivity contribution in [2.45, 2.75) is 52.2 Å². The van der Waals surface area contributed by atoms with Crippen molar-refractivity contribution in [3.05, 3.63) is 67.6 Å². The maximum absolute atomic E-state index is 13.3. The normalized spacial score (nSPS) is 12.0. The summed E-state index contributed by atoms with van der Waals surface area (Å²) in [4.78, 5) is 27.7. The fraction of sp³-hybridized carbons (Fsp3) is 0.364. The van der Waals surface area contributed by atoms with Crippen LogP contribution in [-0.2, 0) is 22.6 Å². The number of nitrogens with one attached hydrogen (secondary N) is 1. The molecule has 0 fully saturated rings. The zero-order chi connectivity index (χ0) is 22.4. The molecule has 1 unspecified atom stereocenters. The SMILES string of the molecule is CCC(C(=O)NC(C)C)N(Cc1ccc(Cl)cc1Cl)C(=O)Cc1ccc(Cl)cc1Cl. The molecule has 0 aliphatic heterocycles. The van der Waals surface area contributed by atoms with Gasteiger partial charge in [-0.3, -0.25) is 9.59 Å². The second kappa shape index (κ2) is 11.2. The lowest BCUT2D eigenvalue weighted by Crippen LogP contribution is -2.50. The lowest BCUT2D eigenvalue weighted by Gasteiger charge is -2.31. The Hall–Kier alpha value is -1.46.